The van der Waals surface area contributed by atoms with Crippen molar-refractivity contribution in [1.82, 2.24) is 0 Å². The minimum atomic E-state index is -0.873. The molecule has 0 aromatic heterocycles. The van der Waals surface area contributed by atoms with Crippen molar-refractivity contribution >= 4 is 17.9 Å². The Morgan fingerprint density at radius 3 is 1.29 bits per heavy atom. The summed E-state index contributed by atoms with van der Waals surface area (Å²) in [7, 11) is 5.53. The molecule has 2 atom stereocenters. The Kier molecular flexibility index (Phi) is 40.4. The van der Waals surface area contributed by atoms with E-state index >= 15 is 0 Å². The molecule has 0 radical (unpaired) electrons. The number of quaternary nitrogens is 1. The summed E-state index contributed by atoms with van der Waals surface area (Å²) in [6.07, 6.45) is 45.6. The first kappa shape index (κ1) is 56.1. The highest BCUT2D eigenvalue weighted by atomic mass is 16.6. The number of carboxylic acids is 1. The third kappa shape index (κ3) is 39.5. The first-order chi connectivity index (χ1) is 28.1. The molecule has 0 saturated heterocycles. The van der Waals surface area contributed by atoms with Gasteiger partial charge in [-0.1, -0.05) is 199 Å². The van der Waals surface area contributed by atoms with Gasteiger partial charge in [-0.3, -0.25) is 9.59 Å². The monoisotopic (exact) mass is 823 g/mol. The van der Waals surface area contributed by atoms with Gasteiger partial charge < -0.3 is 23.8 Å². The Labute approximate surface area is 359 Å². The van der Waals surface area contributed by atoms with Crippen LogP contribution in [0.5, 0.6) is 0 Å². The highest BCUT2D eigenvalue weighted by molar-refractivity contribution is 5.72. The number of nitrogens with zero attached hydrogens (tertiary/aromatic N) is 1. The number of unbranched alkanes of at least 4 members (excludes halogenated alkanes) is 29. The summed E-state index contributed by atoms with van der Waals surface area (Å²) in [6, 6.07) is -0.612. The van der Waals surface area contributed by atoms with Crippen LogP contribution < -0.4 is 0 Å². The Balaban J connectivity index is 4.11. The first-order valence-electron chi connectivity index (χ1n) is 24.7. The molecule has 0 aliphatic carbocycles. The average molecular weight is 823 g/mol. The fraction of sp³-hybridized carbons (Fsp3) is 0.900. The van der Waals surface area contributed by atoms with Gasteiger partial charge in [0, 0.05) is 19.3 Å². The molecule has 0 bridgehead atoms. The second kappa shape index (κ2) is 41.8. The quantitative estimate of drug-likeness (QED) is 0.0283. The molecule has 0 rings (SSSR count). The number of allylic oxidation sites excluding steroid dienone is 2. The molecule has 2 unspecified atom stereocenters. The van der Waals surface area contributed by atoms with Crippen LogP contribution in [0.1, 0.15) is 239 Å². The van der Waals surface area contributed by atoms with Gasteiger partial charge in [-0.15, -0.1) is 0 Å². The Bertz CT molecular complexity index is 962. The lowest BCUT2D eigenvalue weighted by Gasteiger charge is -2.31. The molecule has 8 nitrogen and oxygen atoms in total. The number of carbonyl (C=O) groups is 3. The van der Waals surface area contributed by atoms with Crippen LogP contribution >= 0.6 is 0 Å². The minimum absolute atomic E-state index is 0.0482. The molecule has 1 N–H and O–H groups in total. The van der Waals surface area contributed by atoms with Crippen molar-refractivity contribution in [3.63, 3.8) is 0 Å². The summed E-state index contributed by atoms with van der Waals surface area (Å²) in [6.45, 7) is 4.73. The summed E-state index contributed by atoms with van der Waals surface area (Å²) in [5.74, 6) is -1.46. The van der Waals surface area contributed by atoms with Crippen LogP contribution in [0.25, 0.3) is 0 Å². The van der Waals surface area contributed by atoms with Gasteiger partial charge in [0.05, 0.1) is 34.4 Å². The van der Waals surface area contributed by atoms with Crippen molar-refractivity contribution in [2.24, 2.45) is 0 Å². The fourth-order valence-corrected chi connectivity index (χ4v) is 7.55. The molecule has 0 fully saturated rings. The van der Waals surface area contributed by atoms with Gasteiger partial charge in [0.15, 0.2) is 12.1 Å². The van der Waals surface area contributed by atoms with Crippen LogP contribution in [0, 0.1) is 0 Å². The van der Waals surface area contributed by atoms with E-state index in [1.54, 1.807) is 0 Å². The number of esters is 2. The number of hydrogen-bond donors (Lipinski definition) is 1. The second-order valence-electron chi connectivity index (χ2n) is 18.1. The zero-order valence-electron chi connectivity index (χ0n) is 39.0. The summed E-state index contributed by atoms with van der Waals surface area (Å²) in [5, 5.41) is 9.62. The number of carbonyl (C=O) groups excluding carboxylic acids is 2. The molecule has 0 amide bonds. The lowest BCUT2D eigenvalue weighted by molar-refractivity contribution is -0.887. The lowest BCUT2D eigenvalue weighted by atomic mass is 10.0. The smallest absolute Gasteiger partial charge is 0.362 e. The second-order valence-corrected chi connectivity index (χ2v) is 18.1. The molecule has 0 aliphatic rings. The molecular weight excluding hydrogens is 727 g/mol. The van der Waals surface area contributed by atoms with Gasteiger partial charge in [0.1, 0.15) is 6.61 Å². The standard InChI is InChI=1S/C50H95NO7/c1-6-8-10-12-14-16-18-19-20-21-22-23-24-25-26-27-28-29-31-32-34-36-38-40-48(52)57-45-46(44-56-43-42-47(50(54)55)51(3,4)5)58-49(53)41-39-37-35-33-30-17-15-13-11-9-7-2/h13,15,46-47H,6-12,14,16-45H2,1-5H3/p+1/b15-13-. The lowest BCUT2D eigenvalue weighted by Crippen LogP contribution is -2.50. The Morgan fingerprint density at radius 1 is 0.500 bits per heavy atom. The fourth-order valence-electron chi connectivity index (χ4n) is 7.55. The maximum Gasteiger partial charge on any atom is 0.362 e. The van der Waals surface area contributed by atoms with Gasteiger partial charge in [-0.2, -0.15) is 0 Å². The Morgan fingerprint density at radius 2 is 0.879 bits per heavy atom. The normalized spacial score (nSPS) is 12.9. The van der Waals surface area contributed by atoms with Gasteiger partial charge in [-0.25, -0.2) is 4.79 Å². The van der Waals surface area contributed by atoms with Crippen LogP contribution in [0.3, 0.4) is 0 Å². The molecule has 0 heterocycles. The molecule has 0 aliphatic heterocycles. The predicted molar refractivity (Wildman–Crippen MR) is 243 cm³/mol. The van der Waals surface area contributed by atoms with Crippen LogP contribution in [0.4, 0.5) is 0 Å². The topological polar surface area (TPSA) is 99.1 Å². The molecule has 0 aromatic rings. The average Bonchev–Trinajstić information content (AvgIpc) is 3.18. The molecule has 342 valence electrons. The largest absolute Gasteiger partial charge is 0.477 e. The molecule has 0 aromatic carbocycles. The minimum Gasteiger partial charge on any atom is -0.477 e. The van der Waals surface area contributed by atoms with E-state index in [4.69, 9.17) is 14.2 Å². The molecular formula is C50H96NO7+. The van der Waals surface area contributed by atoms with E-state index in [0.29, 0.717) is 19.3 Å². The summed E-state index contributed by atoms with van der Waals surface area (Å²) in [4.78, 5) is 37.0. The molecule has 0 saturated carbocycles. The maximum atomic E-state index is 12.7. The van der Waals surface area contributed by atoms with Crippen LogP contribution in [0.15, 0.2) is 12.2 Å². The third-order valence-corrected chi connectivity index (χ3v) is 11.4. The first-order valence-corrected chi connectivity index (χ1v) is 24.7. The highest BCUT2D eigenvalue weighted by Gasteiger charge is 2.31. The van der Waals surface area contributed by atoms with Gasteiger partial charge in [0.25, 0.3) is 0 Å². The summed E-state index contributed by atoms with van der Waals surface area (Å²) in [5.41, 5.74) is 0. The zero-order valence-corrected chi connectivity index (χ0v) is 39.0. The molecule has 0 spiro atoms. The van der Waals surface area contributed by atoms with Crippen LogP contribution in [0.2, 0.25) is 0 Å². The highest BCUT2D eigenvalue weighted by Crippen LogP contribution is 2.17. The van der Waals surface area contributed by atoms with Gasteiger partial charge in [-0.05, 0) is 32.1 Å². The van der Waals surface area contributed by atoms with Crippen molar-refractivity contribution in [3.05, 3.63) is 12.2 Å². The summed E-state index contributed by atoms with van der Waals surface area (Å²) >= 11 is 0. The van der Waals surface area contributed by atoms with E-state index in [1.807, 2.05) is 21.1 Å². The van der Waals surface area contributed by atoms with E-state index in [9.17, 15) is 19.5 Å². The zero-order chi connectivity index (χ0) is 42.8. The third-order valence-electron chi connectivity index (χ3n) is 11.4. The number of carboxylic acid groups (broad SMARTS) is 1. The van der Waals surface area contributed by atoms with Crippen molar-refractivity contribution in [2.75, 3.05) is 41.0 Å². The number of aliphatic carboxylic acids is 1. The number of likely N-dealkylation sites (N-methyl/N-ethyl adjacent to an activating group) is 1. The van der Waals surface area contributed by atoms with Crippen molar-refractivity contribution in [3.8, 4) is 0 Å². The van der Waals surface area contributed by atoms with Crippen molar-refractivity contribution in [1.29, 1.82) is 0 Å². The van der Waals surface area contributed by atoms with E-state index in [-0.39, 0.29) is 36.2 Å². The van der Waals surface area contributed by atoms with E-state index in [1.165, 1.54) is 154 Å². The Hall–Kier alpha value is -1.93. The van der Waals surface area contributed by atoms with Crippen molar-refractivity contribution < 1.29 is 38.2 Å². The van der Waals surface area contributed by atoms with Gasteiger partial charge >= 0.3 is 17.9 Å². The maximum absolute atomic E-state index is 12.7. The summed E-state index contributed by atoms with van der Waals surface area (Å²) < 4.78 is 17.3. The van der Waals surface area contributed by atoms with E-state index in [2.05, 4.69) is 26.0 Å². The van der Waals surface area contributed by atoms with Crippen LogP contribution in [-0.2, 0) is 28.6 Å². The molecule has 8 heteroatoms. The van der Waals surface area contributed by atoms with E-state index < -0.39 is 18.1 Å². The number of ether oxygens (including phenoxy) is 3. The van der Waals surface area contributed by atoms with Crippen LogP contribution in [-0.4, -0.2) is 80.6 Å². The van der Waals surface area contributed by atoms with Crippen molar-refractivity contribution in [2.45, 2.75) is 251 Å². The number of hydrogen-bond acceptors (Lipinski definition) is 6. The number of rotatable bonds is 45. The molecule has 58 heavy (non-hydrogen) atoms. The predicted octanol–water partition coefficient (Wildman–Crippen LogP) is 13.9. The van der Waals surface area contributed by atoms with Gasteiger partial charge in [0.2, 0.25) is 0 Å². The van der Waals surface area contributed by atoms with E-state index in [0.717, 1.165) is 51.4 Å². The SMILES string of the molecule is CCCC/C=C\CCCCCCCC(=O)OC(COCCC(C(=O)O)[N+](C)(C)C)COC(=O)CCCCCCCCCCCCCCCCCCCCCCCCC.